The van der Waals surface area contributed by atoms with Crippen molar-refractivity contribution in [2.75, 3.05) is 0 Å². The first-order valence-corrected chi connectivity index (χ1v) is 10.9. The molecular formula is C20H13IN6O2S. The minimum absolute atomic E-state index is 0.0295. The van der Waals surface area contributed by atoms with E-state index in [0.717, 1.165) is 14.7 Å². The highest BCUT2D eigenvalue weighted by molar-refractivity contribution is 14.1. The van der Waals surface area contributed by atoms with Gasteiger partial charge >= 0.3 is 0 Å². The fraction of sp³-hybridized carbons (Fsp3) is 0.0500. The molecule has 10 heteroatoms. The molecule has 30 heavy (non-hydrogen) atoms. The van der Waals surface area contributed by atoms with E-state index >= 15 is 0 Å². The van der Waals surface area contributed by atoms with Crippen LogP contribution in [0.2, 0.25) is 0 Å². The fourth-order valence-corrected chi connectivity index (χ4v) is 4.40. The molecule has 2 N–H and O–H groups in total. The van der Waals surface area contributed by atoms with Gasteiger partial charge in [0, 0.05) is 19.9 Å². The number of hydrogen-bond donors (Lipinski definition) is 2. The molecule has 148 valence electrons. The number of aromatic amines is 1. The van der Waals surface area contributed by atoms with Crippen LogP contribution >= 0.6 is 33.9 Å². The SMILES string of the molecule is O=C(Cc1csc2nc(-c3ccccc3)nn12)N=Nc1c(O)[nH]c2ccc(I)cc12. The van der Waals surface area contributed by atoms with Crippen LogP contribution < -0.4 is 0 Å². The number of aromatic nitrogens is 4. The van der Waals surface area contributed by atoms with E-state index in [-0.39, 0.29) is 18.0 Å². The average Bonchev–Trinajstić information content (AvgIpc) is 3.41. The number of azo groups is 1. The minimum atomic E-state index is -0.439. The van der Waals surface area contributed by atoms with Crippen molar-refractivity contribution >= 4 is 61.4 Å². The Bertz CT molecular complexity index is 1420. The Labute approximate surface area is 187 Å². The van der Waals surface area contributed by atoms with Gasteiger partial charge in [0.2, 0.25) is 10.8 Å². The molecule has 1 amide bonds. The van der Waals surface area contributed by atoms with Gasteiger partial charge in [-0.25, -0.2) is 4.52 Å². The Morgan fingerprint density at radius 2 is 2.07 bits per heavy atom. The third kappa shape index (κ3) is 3.48. The Balaban J connectivity index is 1.40. The lowest BCUT2D eigenvalue weighted by Crippen LogP contribution is -2.02. The summed E-state index contributed by atoms with van der Waals surface area (Å²) in [4.78, 5) is 20.5. The number of nitrogens with one attached hydrogen (secondary N) is 1. The first kappa shape index (κ1) is 18.9. The zero-order valence-electron chi connectivity index (χ0n) is 15.3. The Morgan fingerprint density at radius 1 is 1.23 bits per heavy atom. The van der Waals surface area contributed by atoms with E-state index in [1.807, 2.05) is 53.9 Å². The van der Waals surface area contributed by atoms with Crippen LogP contribution in [-0.4, -0.2) is 30.6 Å². The van der Waals surface area contributed by atoms with Gasteiger partial charge < -0.3 is 10.1 Å². The first-order chi connectivity index (χ1) is 14.6. The van der Waals surface area contributed by atoms with Crippen molar-refractivity contribution in [3.05, 3.63) is 63.2 Å². The van der Waals surface area contributed by atoms with Crippen LogP contribution in [0, 0.1) is 3.57 Å². The number of H-pyrrole nitrogens is 1. The highest BCUT2D eigenvalue weighted by atomic mass is 127. The molecule has 8 nitrogen and oxygen atoms in total. The number of hydrogen-bond acceptors (Lipinski definition) is 6. The molecule has 3 heterocycles. The van der Waals surface area contributed by atoms with Crippen molar-refractivity contribution < 1.29 is 9.90 Å². The molecule has 0 fully saturated rings. The van der Waals surface area contributed by atoms with Crippen LogP contribution in [0.1, 0.15) is 5.69 Å². The number of rotatable bonds is 4. The number of fused-ring (bicyclic) bond motifs is 2. The van der Waals surface area contributed by atoms with Gasteiger partial charge in [-0.15, -0.1) is 26.7 Å². The molecule has 0 bridgehead atoms. The molecule has 0 aliphatic rings. The predicted molar refractivity (Wildman–Crippen MR) is 122 cm³/mol. The number of carbonyl (C=O) groups is 1. The summed E-state index contributed by atoms with van der Waals surface area (Å²) in [5.41, 5.74) is 2.57. The molecule has 5 aromatic rings. The van der Waals surface area contributed by atoms with Gasteiger partial charge in [-0.05, 0) is 40.8 Å². The smallest absolute Gasteiger partial charge is 0.270 e. The molecule has 2 aromatic carbocycles. The molecule has 0 spiro atoms. The molecule has 3 aromatic heterocycles. The molecule has 0 saturated carbocycles. The van der Waals surface area contributed by atoms with Crippen LogP contribution in [-0.2, 0) is 11.2 Å². The van der Waals surface area contributed by atoms with Crippen molar-refractivity contribution in [1.82, 2.24) is 19.6 Å². The van der Waals surface area contributed by atoms with Gasteiger partial charge in [-0.1, -0.05) is 30.3 Å². The van der Waals surface area contributed by atoms with Gasteiger partial charge in [0.15, 0.2) is 11.5 Å². The number of aromatic hydroxyl groups is 1. The number of thiazole rings is 1. The topological polar surface area (TPSA) is 108 Å². The predicted octanol–water partition coefficient (Wildman–Crippen LogP) is 5.10. The van der Waals surface area contributed by atoms with E-state index in [1.165, 1.54) is 11.3 Å². The summed E-state index contributed by atoms with van der Waals surface area (Å²) in [6.45, 7) is 0. The maximum atomic E-state index is 12.4. The number of nitrogens with zero attached hydrogens (tertiary/aromatic N) is 5. The summed E-state index contributed by atoms with van der Waals surface area (Å²) in [6, 6.07) is 15.3. The van der Waals surface area contributed by atoms with Gasteiger partial charge in [0.1, 0.15) is 0 Å². The number of carbonyl (C=O) groups excluding carboxylic acids is 1. The third-order valence-electron chi connectivity index (χ3n) is 4.49. The Hall–Kier alpha value is -3.12. The zero-order valence-corrected chi connectivity index (χ0v) is 18.3. The molecular weight excluding hydrogens is 515 g/mol. The quantitative estimate of drug-likeness (QED) is 0.250. The van der Waals surface area contributed by atoms with Crippen LogP contribution in [0.25, 0.3) is 27.3 Å². The largest absolute Gasteiger partial charge is 0.493 e. The fourth-order valence-electron chi connectivity index (χ4n) is 3.09. The highest BCUT2D eigenvalue weighted by Gasteiger charge is 2.15. The van der Waals surface area contributed by atoms with Crippen LogP contribution in [0.5, 0.6) is 5.88 Å². The summed E-state index contributed by atoms with van der Waals surface area (Å²) < 4.78 is 2.65. The second kappa shape index (κ2) is 7.61. The van der Waals surface area contributed by atoms with Crippen molar-refractivity contribution in [1.29, 1.82) is 0 Å². The normalized spacial score (nSPS) is 11.8. The van der Waals surface area contributed by atoms with Crippen molar-refractivity contribution in [3.8, 4) is 17.3 Å². The molecule has 0 aliphatic carbocycles. The second-order valence-corrected chi connectivity index (χ2v) is 8.59. The summed E-state index contributed by atoms with van der Waals surface area (Å²) >= 11 is 3.59. The van der Waals surface area contributed by atoms with E-state index in [4.69, 9.17) is 0 Å². The summed E-state index contributed by atoms with van der Waals surface area (Å²) in [6.07, 6.45) is 0.0295. The highest BCUT2D eigenvalue weighted by Crippen LogP contribution is 2.36. The zero-order chi connectivity index (χ0) is 20.7. The number of halogens is 1. The van der Waals surface area contributed by atoms with Crippen LogP contribution in [0.3, 0.4) is 0 Å². The maximum Gasteiger partial charge on any atom is 0.270 e. The molecule has 0 unspecified atom stereocenters. The molecule has 0 atom stereocenters. The first-order valence-electron chi connectivity index (χ1n) is 8.92. The molecule has 0 radical (unpaired) electrons. The lowest BCUT2D eigenvalue weighted by atomic mass is 10.2. The van der Waals surface area contributed by atoms with E-state index in [2.05, 4.69) is 47.9 Å². The van der Waals surface area contributed by atoms with Crippen molar-refractivity contribution in [2.24, 2.45) is 10.2 Å². The van der Waals surface area contributed by atoms with Crippen molar-refractivity contribution in [2.45, 2.75) is 6.42 Å². The van der Waals surface area contributed by atoms with Gasteiger partial charge in [0.05, 0.1) is 17.6 Å². The van der Waals surface area contributed by atoms with E-state index < -0.39 is 5.91 Å². The second-order valence-electron chi connectivity index (χ2n) is 6.51. The number of amides is 1. The Morgan fingerprint density at radius 3 is 2.90 bits per heavy atom. The van der Waals surface area contributed by atoms with Gasteiger partial charge in [-0.3, -0.25) is 4.79 Å². The van der Waals surface area contributed by atoms with Crippen LogP contribution in [0.15, 0.2) is 64.1 Å². The van der Waals surface area contributed by atoms with Crippen molar-refractivity contribution in [3.63, 3.8) is 0 Å². The van der Waals surface area contributed by atoms with Gasteiger partial charge in [-0.2, -0.15) is 4.98 Å². The Kier molecular flexibility index (Phi) is 4.79. The lowest BCUT2D eigenvalue weighted by Gasteiger charge is -1.95. The monoisotopic (exact) mass is 528 g/mol. The lowest BCUT2D eigenvalue weighted by molar-refractivity contribution is -0.117. The minimum Gasteiger partial charge on any atom is -0.493 e. The molecule has 5 rings (SSSR count). The molecule has 0 aliphatic heterocycles. The summed E-state index contributed by atoms with van der Waals surface area (Å²) in [5, 5.41) is 25.0. The molecule has 0 saturated heterocycles. The van der Waals surface area contributed by atoms with Gasteiger partial charge in [0.25, 0.3) is 5.91 Å². The number of benzene rings is 2. The summed E-state index contributed by atoms with van der Waals surface area (Å²) in [5.74, 6) is 0.0483. The summed E-state index contributed by atoms with van der Waals surface area (Å²) in [7, 11) is 0. The maximum absolute atomic E-state index is 12.4. The van der Waals surface area contributed by atoms with Crippen LogP contribution in [0.4, 0.5) is 5.69 Å². The standard InChI is InChI=1S/C20H13IN6O2S/c21-12-6-7-15-14(8-12)17(19(29)22-15)25-24-16(28)9-13-10-30-20-23-18(26-27(13)20)11-4-2-1-3-5-11/h1-8,10,22,29H,9H2. The van der Waals surface area contributed by atoms with E-state index in [1.54, 1.807) is 4.52 Å². The third-order valence-corrected chi connectivity index (χ3v) is 6.03. The van der Waals surface area contributed by atoms with E-state index in [0.29, 0.717) is 21.9 Å². The van der Waals surface area contributed by atoms with E-state index in [9.17, 15) is 9.90 Å². The average molecular weight is 528 g/mol.